The van der Waals surface area contributed by atoms with Gasteiger partial charge in [0.2, 0.25) is 10.0 Å². The summed E-state index contributed by atoms with van der Waals surface area (Å²) in [5.74, 6) is 1.94. The molecule has 3 aliphatic heterocycles. The van der Waals surface area contributed by atoms with Crippen LogP contribution >= 0.6 is 12.4 Å². The number of nitrogens with zero attached hydrogens (tertiary/aromatic N) is 1. The van der Waals surface area contributed by atoms with Crippen LogP contribution in [0.5, 0.6) is 11.5 Å². The van der Waals surface area contributed by atoms with E-state index in [9.17, 15) is 8.42 Å². The fourth-order valence-electron chi connectivity index (χ4n) is 4.31. The Hall–Kier alpha value is -1.14. The molecule has 4 unspecified atom stereocenters. The summed E-state index contributed by atoms with van der Waals surface area (Å²) in [5, 5.41) is 3.33. The zero-order valence-electron chi connectivity index (χ0n) is 18.0. The average Bonchev–Trinajstić information content (AvgIpc) is 3.19. The lowest BCUT2D eigenvalue weighted by Crippen LogP contribution is -2.49. The topological polar surface area (TPSA) is 101 Å². The van der Waals surface area contributed by atoms with Gasteiger partial charge in [-0.2, -0.15) is 4.31 Å². The maximum absolute atomic E-state index is 12.7. The van der Waals surface area contributed by atoms with Gasteiger partial charge in [0, 0.05) is 38.6 Å². The van der Waals surface area contributed by atoms with Crippen molar-refractivity contribution < 1.29 is 22.6 Å². The molecule has 2 saturated heterocycles. The number of hydrogen-bond donors (Lipinski definition) is 3. The summed E-state index contributed by atoms with van der Waals surface area (Å²) < 4.78 is 43.8. The zero-order chi connectivity index (χ0) is 21.1. The molecule has 0 saturated carbocycles. The second-order valence-electron chi connectivity index (χ2n) is 8.26. The maximum atomic E-state index is 12.7. The standard InChI is InChI=1S/C20H32N4O5S.ClH/c1-14-12-24(13-15(2)29-14)30(25,26)8-5-21-10-17-11-22-23-20(17)16-3-4-18-19(9-16)28-7-6-27-18;/h3-4,9,14-15,17,20-23H,5-8,10-13H2,1-2H3;1H. The largest absolute Gasteiger partial charge is 0.486 e. The quantitative estimate of drug-likeness (QED) is 0.494. The maximum Gasteiger partial charge on any atom is 0.215 e. The molecular formula is C20H33ClN4O5S. The first-order valence-electron chi connectivity index (χ1n) is 10.6. The van der Waals surface area contributed by atoms with Crippen molar-refractivity contribution in [3.8, 4) is 11.5 Å². The van der Waals surface area contributed by atoms with Gasteiger partial charge in [0.1, 0.15) is 13.2 Å². The molecule has 0 amide bonds. The lowest BCUT2D eigenvalue weighted by atomic mass is 9.94. The van der Waals surface area contributed by atoms with E-state index in [4.69, 9.17) is 14.2 Å². The molecule has 0 bridgehead atoms. The van der Waals surface area contributed by atoms with Crippen molar-refractivity contribution >= 4 is 22.4 Å². The minimum absolute atomic E-state index is 0. The second-order valence-corrected chi connectivity index (χ2v) is 10.3. The molecule has 3 N–H and O–H groups in total. The minimum Gasteiger partial charge on any atom is -0.486 e. The number of rotatable bonds is 7. The molecule has 0 radical (unpaired) electrons. The molecule has 31 heavy (non-hydrogen) atoms. The van der Waals surface area contributed by atoms with Crippen LogP contribution in [0.2, 0.25) is 0 Å². The van der Waals surface area contributed by atoms with Gasteiger partial charge in [-0.25, -0.2) is 13.8 Å². The van der Waals surface area contributed by atoms with Gasteiger partial charge in [0.25, 0.3) is 0 Å². The van der Waals surface area contributed by atoms with Gasteiger partial charge < -0.3 is 19.5 Å². The van der Waals surface area contributed by atoms with E-state index in [0.29, 0.717) is 45.3 Å². The number of hydrogen-bond acceptors (Lipinski definition) is 8. The van der Waals surface area contributed by atoms with E-state index in [1.54, 1.807) is 4.31 Å². The molecule has 0 aliphatic carbocycles. The van der Waals surface area contributed by atoms with Crippen molar-refractivity contribution in [2.24, 2.45) is 5.92 Å². The summed E-state index contributed by atoms with van der Waals surface area (Å²) in [6, 6.07) is 6.14. The van der Waals surface area contributed by atoms with Crippen molar-refractivity contribution in [3.63, 3.8) is 0 Å². The highest BCUT2D eigenvalue weighted by Crippen LogP contribution is 2.35. The lowest BCUT2D eigenvalue weighted by molar-refractivity contribution is -0.0440. The van der Waals surface area contributed by atoms with Crippen LogP contribution in [-0.2, 0) is 14.8 Å². The first kappa shape index (κ1) is 24.5. The van der Waals surface area contributed by atoms with E-state index < -0.39 is 10.0 Å². The summed E-state index contributed by atoms with van der Waals surface area (Å²) in [6.07, 6.45) is -0.141. The monoisotopic (exact) mass is 476 g/mol. The van der Waals surface area contributed by atoms with E-state index in [1.165, 1.54) is 0 Å². The van der Waals surface area contributed by atoms with Crippen LogP contribution in [0.3, 0.4) is 0 Å². The van der Waals surface area contributed by atoms with Gasteiger partial charge in [0.15, 0.2) is 11.5 Å². The molecule has 0 aromatic heterocycles. The molecule has 0 spiro atoms. The average molecular weight is 477 g/mol. The van der Waals surface area contributed by atoms with Crippen LogP contribution in [0.15, 0.2) is 18.2 Å². The number of nitrogens with one attached hydrogen (secondary N) is 3. The van der Waals surface area contributed by atoms with Gasteiger partial charge in [-0.15, -0.1) is 12.4 Å². The van der Waals surface area contributed by atoms with E-state index >= 15 is 0 Å². The summed E-state index contributed by atoms with van der Waals surface area (Å²) in [6.45, 7) is 7.75. The van der Waals surface area contributed by atoms with Crippen molar-refractivity contribution in [1.82, 2.24) is 20.5 Å². The number of morpholine rings is 1. The molecule has 3 heterocycles. The number of benzene rings is 1. The van der Waals surface area contributed by atoms with Crippen LogP contribution in [0, 0.1) is 5.92 Å². The Kier molecular flexibility index (Phi) is 8.42. The first-order valence-corrected chi connectivity index (χ1v) is 12.3. The van der Waals surface area contributed by atoms with Gasteiger partial charge in [0.05, 0.1) is 24.0 Å². The SMILES string of the molecule is CC1CN(S(=O)(=O)CCNCC2CNNC2c2ccc3c(c2)OCCO3)CC(C)O1.Cl. The van der Waals surface area contributed by atoms with Gasteiger partial charge in [-0.3, -0.25) is 5.43 Å². The van der Waals surface area contributed by atoms with Crippen LogP contribution in [0.4, 0.5) is 0 Å². The third-order valence-electron chi connectivity index (χ3n) is 5.74. The molecule has 3 aliphatic rings. The highest BCUT2D eigenvalue weighted by atomic mass is 35.5. The Morgan fingerprint density at radius 3 is 2.58 bits per heavy atom. The van der Waals surface area contributed by atoms with E-state index in [0.717, 1.165) is 23.6 Å². The lowest BCUT2D eigenvalue weighted by Gasteiger charge is -2.34. The van der Waals surface area contributed by atoms with E-state index in [1.807, 2.05) is 26.0 Å². The number of fused-ring (bicyclic) bond motifs is 1. The Bertz CT molecular complexity index is 833. The number of ether oxygens (including phenoxy) is 3. The molecule has 2 fully saturated rings. The van der Waals surface area contributed by atoms with E-state index in [2.05, 4.69) is 22.2 Å². The normalized spacial score (nSPS) is 28.8. The Morgan fingerprint density at radius 2 is 1.84 bits per heavy atom. The van der Waals surface area contributed by atoms with E-state index in [-0.39, 0.29) is 36.4 Å². The smallest absolute Gasteiger partial charge is 0.215 e. The second kappa shape index (κ2) is 10.7. The summed E-state index contributed by atoms with van der Waals surface area (Å²) >= 11 is 0. The Morgan fingerprint density at radius 1 is 1.13 bits per heavy atom. The Balaban J connectivity index is 0.00000272. The summed E-state index contributed by atoms with van der Waals surface area (Å²) in [7, 11) is -3.29. The third-order valence-corrected chi connectivity index (χ3v) is 7.55. The highest BCUT2D eigenvalue weighted by Gasteiger charge is 2.32. The van der Waals surface area contributed by atoms with Crippen molar-refractivity contribution in [1.29, 1.82) is 0 Å². The zero-order valence-corrected chi connectivity index (χ0v) is 19.6. The fraction of sp³-hybridized carbons (Fsp3) is 0.700. The van der Waals surface area contributed by atoms with Gasteiger partial charge >= 0.3 is 0 Å². The number of sulfonamides is 1. The Labute approximate surface area is 190 Å². The van der Waals surface area contributed by atoms with Gasteiger partial charge in [-0.05, 0) is 31.5 Å². The van der Waals surface area contributed by atoms with Crippen LogP contribution in [0.25, 0.3) is 0 Å². The number of hydrazine groups is 1. The molecule has 4 atom stereocenters. The van der Waals surface area contributed by atoms with Crippen molar-refractivity contribution in [2.45, 2.75) is 32.1 Å². The molecule has 1 aromatic carbocycles. The van der Waals surface area contributed by atoms with Crippen LogP contribution < -0.4 is 25.6 Å². The predicted octanol–water partition coefficient (Wildman–Crippen LogP) is 0.673. The molecule has 9 nitrogen and oxygen atoms in total. The molecule has 11 heteroatoms. The summed E-state index contributed by atoms with van der Waals surface area (Å²) in [5.41, 5.74) is 7.66. The predicted molar refractivity (Wildman–Crippen MR) is 120 cm³/mol. The van der Waals surface area contributed by atoms with Crippen molar-refractivity contribution in [3.05, 3.63) is 23.8 Å². The number of halogens is 1. The molecular weight excluding hydrogens is 444 g/mol. The van der Waals surface area contributed by atoms with Crippen molar-refractivity contribution in [2.75, 3.05) is 51.7 Å². The minimum atomic E-state index is -3.29. The fourth-order valence-corrected chi connectivity index (χ4v) is 5.84. The van der Waals surface area contributed by atoms with Gasteiger partial charge in [-0.1, -0.05) is 6.07 Å². The molecule has 4 rings (SSSR count). The first-order chi connectivity index (χ1) is 14.4. The molecule has 1 aromatic rings. The highest BCUT2D eigenvalue weighted by molar-refractivity contribution is 7.89. The van der Waals surface area contributed by atoms with Crippen LogP contribution in [-0.4, -0.2) is 76.6 Å². The molecule has 176 valence electrons. The van der Waals surface area contributed by atoms with Crippen LogP contribution in [0.1, 0.15) is 25.5 Å². The third kappa shape index (κ3) is 6.01. The summed E-state index contributed by atoms with van der Waals surface area (Å²) in [4.78, 5) is 0.